The zero-order valence-corrected chi connectivity index (χ0v) is 38.0. The molecule has 0 spiro atoms. The first-order valence-electron chi connectivity index (χ1n) is 17.3. The first-order chi connectivity index (χ1) is 25.8. The molecule has 2 aromatic heterocycles. The van der Waals surface area contributed by atoms with E-state index in [1.807, 2.05) is 105 Å². The Morgan fingerprint density at radius 2 is 1.05 bits per heavy atom. The van der Waals surface area contributed by atoms with E-state index in [2.05, 4.69) is 47.4 Å². The molecule has 0 radical (unpaired) electrons. The van der Waals surface area contributed by atoms with E-state index in [1.165, 1.54) is 11.1 Å². The molecule has 296 valence electrons. The Kier molecular flexibility index (Phi) is 17.5. The number of rotatable bonds is 7. The predicted molar refractivity (Wildman–Crippen MR) is 230 cm³/mol. The second-order valence-electron chi connectivity index (χ2n) is 12.8. The number of nitrogens with zero attached hydrogens (tertiary/aromatic N) is 4. The predicted octanol–water partition coefficient (Wildman–Crippen LogP) is 13.0. The van der Waals surface area contributed by atoms with E-state index in [4.69, 9.17) is 46.4 Å². The Morgan fingerprint density at radius 1 is 0.589 bits per heavy atom. The number of phenolic OH excluding ortho intramolecular Hbond substituents is 2. The van der Waals surface area contributed by atoms with Crippen LogP contribution in [-0.4, -0.2) is 32.6 Å². The summed E-state index contributed by atoms with van der Waals surface area (Å²) in [4.78, 5) is 8.93. The van der Waals surface area contributed by atoms with Crippen LogP contribution in [-0.2, 0) is 46.7 Å². The smallest absolute Gasteiger partial charge is 0.327 e. The van der Waals surface area contributed by atoms with Gasteiger partial charge in [-0.2, -0.15) is 0 Å². The minimum Gasteiger partial charge on any atom is -0.508 e. The molecule has 0 amide bonds. The van der Waals surface area contributed by atoms with E-state index in [9.17, 15) is 10.2 Å². The summed E-state index contributed by atoms with van der Waals surface area (Å²) >= 11 is 25.0. The molecule has 0 aliphatic heterocycles. The van der Waals surface area contributed by atoms with Crippen molar-refractivity contribution < 1.29 is 51.1 Å². The summed E-state index contributed by atoms with van der Waals surface area (Å²) < 4.78 is 4.15. The number of alkyl halides is 1. The van der Waals surface area contributed by atoms with Crippen molar-refractivity contribution in [3.05, 3.63) is 140 Å². The van der Waals surface area contributed by atoms with Crippen molar-refractivity contribution in [3.8, 4) is 33.8 Å². The summed E-state index contributed by atoms with van der Waals surface area (Å²) in [7, 11) is 0. The third kappa shape index (κ3) is 10.00. The van der Waals surface area contributed by atoms with Crippen LogP contribution in [0.5, 0.6) is 11.5 Å². The molecular formula is C44H42Cl4N4O2Pd2+2. The molecule has 0 unspecified atom stereocenters. The van der Waals surface area contributed by atoms with Gasteiger partial charge in [-0.15, -0.1) is 11.6 Å². The summed E-state index contributed by atoms with van der Waals surface area (Å²) in [5, 5.41) is 20.5. The first-order valence-corrected chi connectivity index (χ1v) is 19.0. The number of aryl methyl sites for hydroxylation is 5. The molecule has 12 heteroatoms. The van der Waals surface area contributed by atoms with Crippen LogP contribution in [0.3, 0.4) is 0 Å². The third-order valence-corrected chi connectivity index (χ3v) is 10.6. The third-order valence-electron chi connectivity index (χ3n) is 9.12. The van der Waals surface area contributed by atoms with E-state index in [0.29, 0.717) is 11.1 Å². The van der Waals surface area contributed by atoms with Gasteiger partial charge in [0.2, 0.25) is 0 Å². The topological polar surface area (TPSA) is 72.3 Å². The molecular weight excluding hydrogens is 971 g/mol. The molecule has 0 bridgehead atoms. The van der Waals surface area contributed by atoms with Gasteiger partial charge in [-0.05, 0) is 157 Å². The molecule has 0 saturated heterocycles. The average molecular weight is 1010 g/mol. The summed E-state index contributed by atoms with van der Waals surface area (Å²) in [6, 6.07) is 25.5. The van der Waals surface area contributed by atoms with Crippen molar-refractivity contribution in [3.63, 3.8) is 0 Å². The van der Waals surface area contributed by atoms with Crippen LogP contribution in [0.1, 0.15) is 47.2 Å². The second kappa shape index (κ2) is 20.9. The van der Waals surface area contributed by atoms with Crippen LogP contribution in [0, 0.1) is 34.6 Å². The molecule has 0 atom stereocenters. The molecule has 6 rings (SSSR count). The quantitative estimate of drug-likeness (QED) is 0.0549. The summed E-state index contributed by atoms with van der Waals surface area (Å²) in [5.74, 6) is 1.87. The summed E-state index contributed by atoms with van der Waals surface area (Å²) in [5.41, 5.74) is 11.8. The van der Waals surface area contributed by atoms with Crippen LogP contribution >= 0.6 is 46.4 Å². The Hall–Kier alpha value is -3.40. The van der Waals surface area contributed by atoms with Gasteiger partial charge in [-0.3, -0.25) is 0 Å². The number of hydrogen-bond acceptors (Lipinski definition) is 4. The minimum absolute atomic E-state index is 0. The van der Waals surface area contributed by atoms with Crippen LogP contribution in [0.25, 0.3) is 22.3 Å². The van der Waals surface area contributed by atoms with Crippen molar-refractivity contribution in [1.29, 1.82) is 0 Å². The van der Waals surface area contributed by atoms with E-state index in [1.54, 1.807) is 18.5 Å². The maximum absolute atomic E-state index is 10.3. The molecule has 0 aliphatic rings. The molecule has 4 aromatic carbocycles. The number of hydrogen-bond donors (Lipinski definition) is 2. The minimum atomic E-state index is -0.251. The van der Waals surface area contributed by atoms with Crippen LogP contribution in [0.15, 0.2) is 91.3 Å². The first kappa shape index (κ1) is 47.0. The SMILES string of the molecule is CC=[N+](c1ccccn1)c1c(C)cc(-c2c(Cl)c(O)c(Cl)c(Cl)c2CCl)cc1C.CC=[N+](c1ccccn1)c1c(C)cc(-c2cc(O)ccc2C)cc1C.[Pd].[Pd]. The van der Waals surface area contributed by atoms with E-state index in [-0.39, 0.29) is 73.3 Å². The van der Waals surface area contributed by atoms with Crippen LogP contribution < -0.4 is 9.15 Å². The number of aromatic hydroxyl groups is 2. The largest absolute Gasteiger partial charge is 0.508 e. The van der Waals surface area contributed by atoms with Gasteiger partial charge in [0.1, 0.15) is 34.5 Å². The van der Waals surface area contributed by atoms with Gasteiger partial charge in [0.15, 0.2) is 5.75 Å². The number of phenols is 2. The van der Waals surface area contributed by atoms with Gasteiger partial charge in [0.25, 0.3) is 0 Å². The fourth-order valence-corrected chi connectivity index (χ4v) is 7.92. The van der Waals surface area contributed by atoms with Crippen molar-refractivity contribution in [2.24, 2.45) is 0 Å². The normalized spacial score (nSPS) is 11.3. The van der Waals surface area contributed by atoms with Gasteiger partial charge in [0.05, 0.1) is 22.5 Å². The van der Waals surface area contributed by atoms with Crippen molar-refractivity contribution in [2.45, 2.75) is 54.3 Å². The molecule has 0 saturated carbocycles. The van der Waals surface area contributed by atoms with Gasteiger partial charge >= 0.3 is 11.6 Å². The van der Waals surface area contributed by atoms with E-state index >= 15 is 0 Å². The molecule has 0 aliphatic carbocycles. The van der Waals surface area contributed by atoms with E-state index < -0.39 is 0 Å². The molecule has 2 N–H and O–H groups in total. The molecule has 0 fully saturated rings. The average Bonchev–Trinajstić information content (AvgIpc) is 3.16. The Labute approximate surface area is 376 Å². The van der Waals surface area contributed by atoms with Gasteiger partial charge in [-0.25, -0.2) is 9.15 Å². The Morgan fingerprint density at radius 3 is 1.46 bits per heavy atom. The number of pyridine rings is 2. The van der Waals surface area contributed by atoms with Gasteiger partial charge < -0.3 is 10.2 Å². The summed E-state index contributed by atoms with van der Waals surface area (Å²) in [6.45, 7) is 14.3. The van der Waals surface area contributed by atoms with Crippen molar-refractivity contribution in [2.75, 3.05) is 0 Å². The molecule has 6 nitrogen and oxygen atoms in total. The fraction of sp³-hybridized carbons (Fsp3) is 0.182. The Bertz CT molecular complexity index is 2360. The van der Waals surface area contributed by atoms with Crippen LogP contribution in [0.4, 0.5) is 23.0 Å². The molecule has 6 aromatic rings. The zero-order chi connectivity index (χ0) is 39.3. The monoisotopic (exact) mass is 1010 g/mol. The molecule has 56 heavy (non-hydrogen) atoms. The maximum Gasteiger partial charge on any atom is 0.327 e. The molecule has 2 heterocycles. The second-order valence-corrected chi connectivity index (χ2v) is 14.2. The Balaban J connectivity index is 0.000000293. The van der Waals surface area contributed by atoms with Gasteiger partial charge in [-0.1, -0.05) is 53.0 Å². The fourth-order valence-electron chi connectivity index (χ4n) is 6.76. The van der Waals surface area contributed by atoms with Gasteiger partial charge in [0, 0.05) is 64.4 Å². The maximum atomic E-state index is 10.3. The van der Waals surface area contributed by atoms with Crippen molar-refractivity contribution in [1.82, 2.24) is 19.1 Å². The number of aromatic nitrogens is 2. The number of benzene rings is 4. The standard InChI is InChI=1S/C22H18Cl4N2O.C22H22N2O.2Pd/c1-4-28(16-7-5-6-8-27-16)21-12(2)9-14(10-13(21)3)17-15(11-23)18(24)20(26)22(29)19(17)25;1-5-24(21-8-6-7-11-23-21)22-16(3)12-18(13-17(22)4)20-14-19(25)10-9-15(20)2;;/h4-10H,11H2,1-3H3;5-14H,1-4H3;;/p+2. The zero-order valence-electron chi connectivity index (χ0n) is 31.8. The number of halogens is 4. The van der Waals surface area contributed by atoms with E-state index in [0.717, 1.165) is 56.4 Å². The van der Waals surface area contributed by atoms with Crippen LogP contribution in [0.2, 0.25) is 15.1 Å². The van der Waals surface area contributed by atoms with Crippen molar-refractivity contribution >= 4 is 81.8 Å². The summed E-state index contributed by atoms with van der Waals surface area (Å²) in [6.07, 6.45) is 7.58.